The molecule has 0 spiro atoms. The fraction of sp³-hybridized carbons (Fsp3) is 0.316. The van der Waals surface area contributed by atoms with Gasteiger partial charge in [0.05, 0.1) is 6.26 Å². The van der Waals surface area contributed by atoms with Crippen LogP contribution in [0.2, 0.25) is 0 Å². The molecule has 0 atom stereocenters. The second-order valence-electron chi connectivity index (χ2n) is 6.33. The van der Waals surface area contributed by atoms with Gasteiger partial charge in [-0.1, -0.05) is 25.1 Å². The van der Waals surface area contributed by atoms with E-state index in [0.29, 0.717) is 30.8 Å². The van der Waals surface area contributed by atoms with E-state index in [1.54, 1.807) is 0 Å². The maximum absolute atomic E-state index is 12.4. The zero-order valence-electron chi connectivity index (χ0n) is 14.5. The molecule has 2 aromatic rings. The van der Waals surface area contributed by atoms with Gasteiger partial charge in [0.25, 0.3) is 5.91 Å². The van der Waals surface area contributed by atoms with Gasteiger partial charge in [0.1, 0.15) is 0 Å². The fourth-order valence-corrected chi connectivity index (χ4v) is 3.78. The Morgan fingerprint density at radius 1 is 1.12 bits per heavy atom. The molecule has 132 valence electrons. The number of rotatable bonds is 4. The Balaban J connectivity index is 1.76. The molecule has 0 unspecified atom stereocenters. The van der Waals surface area contributed by atoms with Crippen LogP contribution in [0.15, 0.2) is 42.5 Å². The van der Waals surface area contributed by atoms with Crippen molar-refractivity contribution in [1.82, 2.24) is 4.31 Å². The van der Waals surface area contributed by atoms with Crippen molar-refractivity contribution in [3.05, 3.63) is 64.7 Å². The van der Waals surface area contributed by atoms with Crippen LogP contribution in [0.25, 0.3) is 0 Å². The highest BCUT2D eigenvalue weighted by atomic mass is 32.2. The number of amides is 1. The Morgan fingerprint density at radius 2 is 1.84 bits per heavy atom. The van der Waals surface area contributed by atoms with E-state index in [1.165, 1.54) is 16.1 Å². The number of benzene rings is 2. The third-order valence-electron chi connectivity index (χ3n) is 4.53. The zero-order valence-corrected chi connectivity index (χ0v) is 15.3. The van der Waals surface area contributed by atoms with Crippen molar-refractivity contribution in [1.29, 1.82) is 0 Å². The average molecular weight is 358 g/mol. The van der Waals surface area contributed by atoms with E-state index in [1.807, 2.05) is 42.5 Å². The number of fused-ring (bicyclic) bond motifs is 1. The number of hydrogen-bond acceptors (Lipinski definition) is 3. The van der Waals surface area contributed by atoms with E-state index in [4.69, 9.17) is 0 Å². The molecule has 0 aliphatic carbocycles. The largest absolute Gasteiger partial charge is 0.322 e. The van der Waals surface area contributed by atoms with Crippen LogP contribution in [0, 0.1) is 0 Å². The summed E-state index contributed by atoms with van der Waals surface area (Å²) >= 11 is 0. The van der Waals surface area contributed by atoms with Gasteiger partial charge in [0, 0.05) is 24.3 Å². The van der Waals surface area contributed by atoms with Crippen LogP contribution >= 0.6 is 0 Å². The summed E-state index contributed by atoms with van der Waals surface area (Å²) in [4.78, 5) is 12.4. The third-order valence-corrected chi connectivity index (χ3v) is 5.78. The molecule has 2 aromatic carbocycles. The van der Waals surface area contributed by atoms with Crippen molar-refractivity contribution < 1.29 is 13.2 Å². The van der Waals surface area contributed by atoms with E-state index in [0.717, 1.165) is 17.5 Å². The lowest BCUT2D eigenvalue weighted by Gasteiger charge is -2.27. The summed E-state index contributed by atoms with van der Waals surface area (Å²) in [7, 11) is -3.21. The topological polar surface area (TPSA) is 66.5 Å². The first-order valence-electron chi connectivity index (χ1n) is 8.34. The second-order valence-corrected chi connectivity index (χ2v) is 8.32. The molecular formula is C19H22N2O3S. The molecule has 1 amide bonds. The molecule has 5 nitrogen and oxygen atoms in total. The summed E-state index contributed by atoms with van der Waals surface area (Å²) in [5, 5.41) is 2.89. The van der Waals surface area contributed by atoms with Crippen LogP contribution in [-0.4, -0.2) is 31.4 Å². The Labute approximate surface area is 148 Å². The lowest BCUT2D eigenvalue weighted by molar-refractivity contribution is 0.102. The molecule has 0 fully saturated rings. The number of hydrogen-bond donors (Lipinski definition) is 1. The molecule has 6 heteroatoms. The summed E-state index contributed by atoms with van der Waals surface area (Å²) in [6, 6.07) is 13.2. The van der Waals surface area contributed by atoms with Crippen LogP contribution < -0.4 is 5.32 Å². The Morgan fingerprint density at radius 3 is 2.48 bits per heavy atom. The quantitative estimate of drug-likeness (QED) is 0.914. The Bertz CT molecular complexity index is 889. The number of nitrogens with zero attached hydrogens (tertiary/aromatic N) is 1. The van der Waals surface area contributed by atoms with Crippen LogP contribution in [0.1, 0.15) is 34.0 Å². The molecule has 1 aliphatic rings. The predicted molar refractivity (Wildman–Crippen MR) is 99.2 cm³/mol. The van der Waals surface area contributed by atoms with E-state index < -0.39 is 10.0 Å². The fourth-order valence-electron chi connectivity index (χ4n) is 2.99. The second kappa shape index (κ2) is 6.98. The maximum atomic E-state index is 12.4. The summed E-state index contributed by atoms with van der Waals surface area (Å²) in [6.45, 7) is 2.92. The van der Waals surface area contributed by atoms with Crippen LogP contribution in [-0.2, 0) is 29.4 Å². The molecule has 0 saturated heterocycles. The lowest BCUT2D eigenvalue weighted by Crippen LogP contribution is -2.35. The number of carbonyl (C=O) groups is 1. The lowest BCUT2D eigenvalue weighted by atomic mass is 10.0. The first-order chi connectivity index (χ1) is 11.9. The number of aryl methyl sites for hydroxylation is 1. The minimum atomic E-state index is -3.21. The van der Waals surface area contributed by atoms with E-state index >= 15 is 0 Å². The minimum Gasteiger partial charge on any atom is -0.322 e. The van der Waals surface area contributed by atoms with Gasteiger partial charge < -0.3 is 5.32 Å². The molecule has 0 aromatic heterocycles. The van der Waals surface area contributed by atoms with Crippen molar-refractivity contribution in [3.63, 3.8) is 0 Å². The predicted octanol–water partition coefficient (Wildman–Crippen LogP) is 2.82. The molecule has 1 aliphatic heterocycles. The smallest absolute Gasteiger partial charge is 0.255 e. The number of nitrogens with one attached hydrogen (secondary N) is 1. The van der Waals surface area contributed by atoms with Crippen molar-refractivity contribution in [2.24, 2.45) is 0 Å². The first-order valence-corrected chi connectivity index (χ1v) is 10.2. The number of carbonyl (C=O) groups excluding carboxylic acids is 1. The normalized spacial score (nSPS) is 14.8. The summed E-state index contributed by atoms with van der Waals surface area (Å²) in [5.74, 6) is -0.168. The molecule has 3 rings (SSSR count). The number of sulfonamides is 1. The molecule has 0 radical (unpaired) electrons. The minimum absolute atomic E-state index is 0.168. The van der Waals surface area contributed by atoms with Gasteiger partial charge in [-0.3, -0.25) is 4.79 Å². The highest BCUT2D eigenvalue weighted by Gasteiger charge is 2.23. The Hall–Kier alpha value is -2.18. The van der Waals surface area contributed by atoms with Crippen molar-refractivity contribution in [2.75, 3.05) is 18.1 Å². The van der Waals surface area contributed by atoms with Gasteiger partial charge in [-0.15, -0.1) is 0 Å². The SMILES string of the molecule is CCc1ccc(C(=O)Nc2ccc3c(c2)CN(S(C)(=O)=O)CC3)cc1. The molecular weight excluding hydrogens is 336 g/mol. The molecule has 1 N–H and O–H groups in total. The van der Waals surface area contributed by atoms with Gasteiger partial charge in [-0.05, 0) is 53.8 Å². The van der Waals surface area contributed by atoms with Gasteiger partial charge in [-0.25, -0.2) is 8.42 Å². The summed E-state index contributed by atoms with van der Waals surface area (Å²) in [5.41, 5.74) is 4.54. The molecule has 0 bridgehead atoms. The highest BCUT2D eigenvalue weighted by molar-refractivity contribution is 7.88. The van der Waals surface area contributed by atoms with Crippen molar-refractivity contribution in [3.8, 4) is 0 Å². The van der Waals surface area contributed by atoms with E-state index in [-0.39, 0.29) is 5.91 Å². The summed E-state index contributed by atoms with van der Waals surface area (Å²) < 4.78 is 25.0. The zero-order chi connectivity index (χ0) is 18.0. The highest BCUT2D eigenvalue weighted by Crippen LogP contribution is 2.24. The monoisotopic (exact) mass is 358 g/mol. The molecule has 0 saturated carbocycles. The van der Waals surface area contributed by atoms with E-state index in [2.05, 4.69) is 12.2 Å². The van der Waals surface area contributed by atoms with Gasteiger partial charge in [-0.2, -0.15) is 4.31 Å². The molecule has 25 heavy (non-hydrogen) atoms. The van der Waals surface area contributed by atoms with Crippen molar-refractivity contribution in [2.45, 2.75) is 26.3 Å². The summed E-state index contributed by atoms with van der Waals surface area (Å²) in [6.07, 6.45) is 2.85. The van der Waals surface area contributed by atoms with Gasteiger partial charge in [0.2, 0.25) is 10.0 Å². The third kappa shape index (κ3) is 4.08. The van der Waals surface area contributed by atoms with Gasteiger partial charge in [0.15, 0.2) is 0 Å². The first kappa shape index (κ1) is 17.6. The molecule has 1 heterocycles. The van der Waals surface area contributed by atoms with Crippen LogP contribution in [0.4, 0.5) is 5.69 Å². The average Bonchev–Trinajstić information content (AvgIpc) is 2.60. The Kier molecular flexibility index (Phi) is 4.92. The maximum Gasteiger partial charge on any atom is 0.255 e. The van der Waals surface area contributed by atoms with Crippen LogP contribution in [0.3, 0.4) is 0 Å². The van der Waals surface area contributed by atoms with Gasteiger partial charge >= 0.3 is 0 Å². The number of anilines is 1. The van der Waals surface area contributed by atoms with Crippen LogP contribution in [0.5, 0.6) is 0 Å². The standard InChI is InChI=1S/C19H22N2O3S/c1-3-14-4-6-16(7-5-14)19(22)20-18-9-8-15-10-11-21(25(2,23)24)13-17(15)12-18/h4-9,12H,3,10-11,13H2,1-2H3,(H,20,22). The van der Waals surface area contributed by atoms with E-state index in [9.17, 15) is 13.2 Å². The van der Waals surface area contributed by atoms with Crippen molar-refractivity contribution >= 4 is 21.6 Å².